The molecule has 0 saturated heterocycles. The maximum Gasteiger partial charge on any atom is 0.352 e. The van der Waals surface area contributed by atoms with Gasteiger partial charge in [-0.3, -0.25) is 14.2 Å². The molecule has 0 spiro atoms. The first-order chi connectivity index (χ1) is 15.8. The molecule has 0 aliphatic rings. The molecule has 0 fully saturated rings. The Kier molecular flexibility index (Phi) is 6.13. The molecule has 8 nitrogen and oxygen atoms in total. The Morgan fingerprint density at radius 2 is 1.91 bits per heavy atom. The van der Waals surface area contributed by atoms with E-state index in [0.29, 0.717) is 35.0 Å². The number of aryl methyl sites for hydroxylation is 1. The number of nitrogens with zero attached hydrogens (tertiary/aromatic N) is 4. The maximum absolute atomic E-state index is 14.2. The highest BCUT2D eigenvalue weighted by Gasteiger charge is 2.19. The van der Waals surface area contributed by atoms with Crippen molar-refractivity contribution in [2.45, 2.75) is 52.7 Å². The van der Waals surface area contributed by atoms with Crippen molar-refractivity contribution in [3.8, 4) is 0 Å². The third-order valence-electron chi connectivity index (χ3n) is 5.76. The second kappa shape index (κ2) is 9.01. The minimum absolute atomic E-state index is 0.0167. The predicted octanol–water partition coefficient (Wildman–Crippen LogP) is 2.94. The van der Waals surface area contributed by atoms with Crippen molar-refractivity contribution in [1.82, 2.24) is 24.1 Å². The van der Waals surface area contributed by atoms with E-state index < -0.39 is 11.5 Å². The summed E-state index contributed by atoms with van der Waals surface area (Å²) in [5.41, 5.74) is 0.138. The fraction of sp³-hybridized carbons (Fsp3) is 0.333. The molecule has 1 amide bonds. The van der Waals surface area contributed by atoms with Crippen molar-refractivity contribution in [2.75, 3.05) is 0 Å². The first kappa shape index (κ1) is 22.4. The number of benzene rings is 2. The van der Waals surface area contributed by atoms with Crippen LogP contribution >= 0.6 is 0 Å². The van der Waals surface area contributed by atoms with Crippen LogP contribution in [0.3, 0.4) is 0 Å². The summed E-state index contributed by atoms with van der Waals surface area (Å²) in [6.07, 6.45) is 1.43. The summed E-state index contributed by atoms with van der Waals surface area (Å²) < 4.78 is 18.1. The van der Waals surface area contributed by atoms with Crippen LogP contribution in [0, 0.1) is 5.82 Å². The van der Waals surface area contributed by atoms with Crippen LogP contribution in [0.1, 0.15) is 49.5 Å². The molecule has 0 radical (unpaired) electrons. The lowest BCUT2D eigenvalue weighted by atomic mass is 10.1. The topological polar surface area (TPSA) is 90.4 Å². The van der Waals surface area contributed by atoms with Gasteiger partial charge in [-0.25, -0.2) is 18.3 Å². The molecule has 172 valence electrons. The molecule has 0 saturated carbocycles. The fourth-order valence-corrected chi connectivity index (χ4v) is 3.78. The predicted molar refractivity (Wildman–Crippen MR) is 124 cm³/mol. The molecular formula is C24H26FN5O3. The van der Waals surface area contributed by atoms with Gasteiger partial charge in [-0.2, -0.15) is 0 Å². The number of hydrogen-bond acceptors (Lipinski definition) is 4. The number of nitrogens with one attached hydrogen (secondary N) is 1. The van der Waals surface area contributed by atoms with Crippen LogP contribution in [0.4, 0.5) is 4.39 Å². The highest BCUT2D eigenvalue weighted by atomic mass is 19.1. The molecular weight excluding hydrogens is 425 g/mol. The molecule has 1 atom stereocenters. The van der Waals surface area contributed by atoms with Crippen LogP contribution in [0.2, 0.25) is 0 Å². The van der Waals surface area contributed by atoms with Gasteiger partial charge in [-0.15, -0.1) is 5.10 Å². The Morgan fingerprint density at radius 1 is 1.15 bits per heavy atom. The number of carbonyl (C=O) groups excluding carboxylic acids is 1. The lowest BCUT2D eigenvalue weighted by Gasteiger charge is -2.13. The highest BCUT2D eigenvalue weighted by molar-refractivity contribution is 5.98. The molecule has 2 aromatic carbocycles. The van der Waals surface area contributed by atoms with Gasteiger partial charge < -0.3 is 5.32 Å². The summed E-state index contributed by atoms with van der Waals surface area (Å²) >= 11 is 0. The largest absolute Gasteiger partial charge is 0.352 e. The van der Waals surface area contributed by atoms with E-state index in [-0.39, 0.29) is 29.8 Å². The molecule has 4 aromatic rings. The van der Waals surface area contributed by atoms with Gasteiger partial charge in [0.2, 0.25) is 5.78 Å². The van der Waals surface area contributed by atoms with Gasteiger partial charge in [0.25, 0.3) is 11.5 Å². The van der Waals surface area contributed by atoms with E-state index in [1.807, 2.05) is 20.8 Å². The Balaban J connectivity index is 1.96. The third-order valence-corrected chi connectivity index (χ3v) is 5.76. The zero-order valence-electron chi connectivity index (χ0n) is 18.8. The minimum atomic E-state index is -0.511. The quantitative estimate of drug-likeness (QED) is 0.468. The fourth-order valence-electron chi connectivity index (χ4n) is 3.78. The first-order valence-corrected chi connectivity index (χ1v) is 11.1. The lowest BCUT2D eigenvalue weighted by Crippen LogP contribution is -2.32. The van der Waals surface area contributed by atoms with Crippen molar-refractivity contribution in [2.24, 2.45) is 0 Å². The minimum Gasteiger partial charge on any atom is -0.350 e. The van der Waals surface area contributed by atoms with Gasteiger partial charge in [0, 0.05) is 23.7 Å². The summed E-state index contributed by atoms with van der Waals surface area (Å²) in [5.74, 6) is -0.569. The normalized spacial score (nSPS) is 12.4. The number of rotatable bonds is 7. The van der Waals surface area contributed by atoms with Gasteiger partial charge in [-0.1, -0.05) is 32.0 Å². The second-order valence-corrected chi connectivity index (χ2v) is 8.14. The summed E-state index contributed by atoms with van der Waals surface area (Å²) in [5, 5.41) is 7.58. The van der Waals surface area contributed by atoms with Crippen molar-refractivity contribution >= 4 is 22.6 Å². The van der Waals surface area contributed by atoms with E-state index in [4.69, 9.17) is 0 Å². The molecule has 4 rings (SSSR count). The maximum atomic E-state index is 14.2. The number of fused-ring (bicyclic) bond motifs is 3. The van der Waals surface area contributed by atoms with Crippen molar-refractivity contribution < 1.29 is 9.18 Å². The van der Waals surface area contributed by atoms with Crippen LogP contribution in [0.25, 0.3) is 16.7 Å². The molecule has 0 bridgehead atoms. The van der Waals surface area contributed by atoms with Gasteiger partial charge >= 0.3 is 5.69 Å². The number of hydrogen-bond donors (Lipinski definition) is 1. The molecule has 9 heteroatoms. The number of carbonyl (C=O) groups is 1. The van der Waals surface area contributed by atoms with Gasteiger partial charge in [-0.05, 0) is 44.0 Å². The number of aromatic nitrogens is 4. The summed E-state index contributed by atoms with van der Waals surface area (Å²) in [6, 6.07) is 10.8. The summed E-state index contributed by atoms with van der Waals surface area (Å²) in [6.45, 7) is 6.07. The molecule has 2 aromatic heterocycles. The van der Waals surface area contributed by atoms with Crippen LogP contribution in [-0.2, 0) is 13.1 Å². The van der Waals surface area contributed by atoms with Crippen molar-refractivity contribution in [1.29, 1.82) is 0 Å². The van der Waals surface area contributed by atoms with Crippen molar-refractivity contribution in [3.63, 3.8) is 0 Å². The van der Waals surface area contributed by atoms with Crippen LogP contribution in [-0.4, -0.2) is 30.7 Å². The first-order valence-electron chi connectivity index (χ1n) is 11.1. The van der Waals surface area contributed by atoms with Crippen LogP contribution < -0.4 is 16.6 Å². The zero-order chi connectivity index (χ0) is 23.7. The van der Waals surface area contributed by atoms with E-state index >= 15 is 0 Å². The molecule has 33 heavy (non-hydrogen) atoms. The monoisotopic (exact) mass is 451 g/mol. The molecule has 0 aliphatic carbocycles. The Hall–Kier alpha value is -3.75. The standard InChI is InChI=1S/C24H26FN5O3/c1-4-12-28-22(32)18-11-10-16(21(31)26-15(3)5-2)13-20(18)30-23(28)27-29(24(30)33)14-17-8-6-7-9-19(17)25/h6-11,13,15H,4-5,12,14H2,1-3H3,(H,26,31). The Morgan fingerprint density at radius 3 is 2.61 bits per heavy atom. The smallest absolute Gasteiger partial charge is 0.350 e. The van der Waals surface area contributed by atoms with E-state index in [0.717, 1.165) is 11.1 Å². The zero-order valence-corrected chi connectivity index (χ0v) is 18.8. The highest BCUT2D eigenvalue weighted by Crippen LogP contribution is 2.15. The van der Waals surface area contributed by atoms with E-state index in [1.165, 1.54) is 21.1 Å². The Labute approximate surface area is 189 Å². The lowest BCUT2D eigenvalue weighted by molar-refractivity contribution is 0.0939. The SMILES string of the molecule is CCCn1c(=O)c2ccc(C(=O)NC(C)CC)cc2n2c(=O)n(Cc3ccccc3F)nc12. The summed E-state index contributed by atoms with van der Waals surface area (Å²) in [7, 11) is 0. The second-order valence-electron chi connectivity index (χ2n) is 8.14. The Bertz CT molecular complexity index is 1470. The molecule has 0 aliphatic heterocycles. The van der Waals surface area contributed by atoms with Gasteiger partial charge in [0.1, 0.15) is 5.82 Å². The molecule has 2 heterocycles. The third kappa shape index (κ3) is 4.06. The molecule has 1 unspecified atom stereocenters. The van der Waals surface area contributed by atoms with Crippen molar-refractivity contribution in [3.05, 3.63) is 80.2 Å². The van der Waals surface area contributed by atoms with Crippen LogP contribution in [0.5, 0.6) is 0 Å². The van der Waals surface area contributed by atoms with E-state index in [2.05, 4.69) is 10.4 Å². The van der Waals surface area contributed by atoms with E-state index in [9.17, 15) is 18.8 Å². The number of halogens is 1. The molecule has 1 N–H and O–H groups in total. The van der Waals surface area contributed by atoms with Gasteiger partial charge in [0.15, 0.2) is 0 Å². The van der Waals surface area contributed by atoms with Crippen LogP contribution in [0.15, 0.2) is 52.1 Å². The number of amides is 1. The average Bonchev–Trinajstić information content (AvgIpc) is 3.13. The summed E-state index contributed by atoms with van der Waals surface area (Å²) in [4.78, 5) is 39.2. The van der Waals surface area contributed by atoms with Gasteiger partial charge in [0.05, 0.1) is 17.4 Å². The van der Waals surface area contributed by atoms with E-state index in [1.54, 1.807) is 30.3 Å². The average molecular weight is 452 g/mol.